The molecule has 0 bridgehead atoms. The lowest BCUT2D eigenvalue weighted by atomic mass is 9.77. The third-order valence-electron chi connectivity index (χ3n) is 3.86. The molecular weight excluding hydrogens is 248 g/mol. The van der Waals surface area contributed by atoms with Crippen molar-refractivity contribution in [2.75, 3.05) is 0 Å². The Morgan fingerprint density at radius 2 is 1.95 bits per heavy atom. The largest absolute Gasteiger partial charge is 0.351 e. The van der Waals surface area contributed by atoms with Gasteiger partial charge in [0.25, 0.3) is 0 Å². The fraction of sp³-hybridized carbons (Fsp3) is 0.235. The van der Waals surface area contributed by atoms with Gasteiger partial charge in [0, 0.05) is 13.1 Å². The van der Waals surface area contributed by atoms with Crippen LogP contribution in [0.25, 0.3) is 0 Å². The SMILES string of the molecule is NCc1cccc(CNC(=O)C2Cc3ccccc32)c1. The molecule has 0 radical (unpaired) electrons. The minimum atomic E-state index is 0.0175. The number of nitrogens with one attached hydrogen (secondary N) is 1. The van der Waals surface area contributed by atoms with Crippen molar-refractivity contribution in [3.05, 3.63) is 70.8 Å². The molecule has 3 nitrogen and oxygen atoms in total. The molecule has 0 fully saturated rings. The van der Waals surface area contributed by atoms with E-state index in [4.69, 9.17) is 5.73 Å². The first-order valence-corrected chi connectivity index (χ1v) is 6.91. The van der Waals surface area contributed by atoms with E-state index in [-0.39, 0.29) is 11.8 Å². The van der Waals surface area contributed by atoms with Crippen molar-refractivity contribution in [3.63, 3.8) is 0 Å². The molecule has 3 rings (SSSR count). The quantitative estimate of drug-likeness (QED) is 0.890. The highest BCUT2D eigenvalue weighted by molar-refractivity contribution is 5.86. The van der Waals surface area contributed by atoms with Gasteiger partial charge in [-0.05, 0) is 28.7 Å². The van der Waals surface area contributed by atoms with Crippen molar-refractivity contribution in [1.29, 1.82) is 0 Å². The van der Waals surface area contributed by atoms with Gasteiger partial charge in [0.1, 0.15) is 0 Å². The van der Waals surface area contributed by atoms with Crippen molar-refractivity contribution >= 4 is 5.91 Å². The molecule has 3 heteroatoms. The molecule has 0 saturated carbocycles. The molecule has 0 aliphatic heterocycles. The van der Waals surface area contributed by atoms with Crippen LogP contribution in [0.15, 0.2) is 48.5 Å². The van der Waals surface area contributed by atoms with Gasteiger partial charge in [-0.3, -0.25) is 4.79 Å². The lowest BCUT2D eigenvalue weighted by Gasteiger charge is -2.28. The van der Waals surface area contributed by atoms with Gasteiger partial charge in [-0.2, -0.15) is 0 Å². The number of amides is 1. The van der Waals surface area contributed by atoms with Gasteiger partial charge in [0.2, 0.25) is 5.91 Å². The summed E-state index contributed by atoms with van der Waals surface area (Å²) < 4.78 is 0. The van der Waals surface area contributed by atoms with Gasteiger partial charge >= 0.3 is 0 Å². The highest BCUT2D eigenvalue weighted by Gasteiger charge is 2.31. The predicted molar refractivity (Wildman–Crippen MR) is 79.1 cm³/mol. The van der Waals surface area contributed by atoms with Crippen molar-refractivity contribution in [2.24, 2.45) is 5.73 Å². The van der Waals surface area contributed by atoms with E-state index in [1.807, 2.05) is 42.5 Å². The van der Waals surface area contributed by atoms with E-state index < -0.39 is 0 Å². The fourth-order valence-corrected chi connectivity index (χ4v) is 2.67. The first-order chi connectivity index (χ1) is 9.78. The zero-order chi connectivity index (χ0) is 13.9. The van der Waals surface area contributed by atoms with E-state index in [9.17, 15) is 4.79 Å². The van der Waals surface area contributed by atoms with Gasteiger partial charge in [-0.1, -0.05) is 48.5 Å². The Labute approximate surface area is 118 Å². The molecule has 1 unspecified atom stereocenters. The molecule has 3 N–H and O–H groups in total. The summed E-state index contributed by atoms with van der Waals surface area (Å²) >= 11 is 0. The Morgan fingerprint density at radius 3 is 2.75 bits per heavy atom. The Bertz CT molecular complexity index is 636. The molecule has 2 aromatic rings. The molecule has 1 amide bonds. The standard InChI is InChI=1S/C17H18N2O/c18-10-12-4-3-5-13(8-12)11-19-17(20)16-9-14-6-1-2-7-15(14)16/h1-8,16H,9-11,18H2,(H,19,20). The second kappa shape index (κ2) is 5.47. The smallest absolute Gasteiger partial charge is 0.228 e. The van der Waals surface area contributed by atoms with Crippen LogP contribution in [0.3, 0.4) is 0 Å². The summed E-state index contributed by atoms with van der Waals surface area (Å²) in [4.78, 5) is 12.2. The normalized spacial score (nSPS) is 16.1. The molecule has 1 aliphatic carbocycles. The lowest BCUT2D eigenvalue weighted by molar-refractivity contribution is -0.123. The van der Waals surface area contributed by atoms with Crippen LogP contribution in [-0.2, 0) is 24.3 Å². The van der Waals surface area contributed by atoms with Crippen molar-refractivity contribution < 1.29 is 4.79 Å². The number of benzene rings is 2. The molecule has 102 valence electrons. The molecule has 0 heterocycles. The number of rotatable bonds is 4. The summed E-state index contributed by atoms with van der Waals surface area (Å²) in [7, 11) is 0. The molecule has 0 saturated heterocycles. The van der Waals surface area contributed by atoms with E-state index in [1.165, 1.54) is 11.1 Å². The lowest BCUT2D eigenvalue weighted by Crippen LogP contribution is -2.35. The van der Waals surface area contributed by atoms with Gasteiger partial charge in [0.15, 0.2) is 0 Å². The number of carbonyl (C=O) groups is 1. The summed E-state index contributed by atoms with van der Waals surface area (Å²) in [5, 5.41) is 3.01. The summed E-state index contributed by atoms with van der Waals surface area (Å²) in [6.07, 6.45) is 0.852. The van der Waals surface area contributed by atoms with Gasteiger partial charge in [-0.25, -0.2) is 0 Å². The minimum absolute atomic E-state index is 0.0175. The summed E-state index contributed by atoms with van der Waals surface area (Å²) in [6.45, 7) is 1.09. The minimum Gasteiger partial charge on any atom is -0.351 e. The van der Waals surface area contributed by atoms with Gasteiger partial charge in [0.05, 0.1) is 5.92 Å². The maximum absolute atomic E-state index is 12.2. The Morgan fingerprint density at radius 1 is 1.15 bits per heavy atom. The summed E-state index contributed by atoms with van der Waals surface area (Å²) in [5.74, 6) is 0.130. The first-order valence-electron chi connectivity index (χ1n) is 6.91. The number of fused-ring (bicyclic) bond motifs is 1. The molecule has 1 aliphatic rings. The number of hydrogen-bond donors (Lipinski definition) is 2. The molecule has 0 aromatic heterocycles. The van der Waals surface area contributed by atoms with Crippen LogP contribution in [0, 0.1) is 0 Å². The Hall–Kier alpha value is -2.13. The van der Waals surface area contributed by atoms with Crippen LogP contribution in [0.5, 0.6) is 0 Å². The van der Waals surface area contributed by atoms with Crippen LogP contribution < -0.4 is 11.1 Å². The molecular formula is C17H18N2O. The van der Waals surface area contributed by atoms with Crippen molar-refractivity contribution in [2.45, 2.75) is 25.4 Å². The average Bonchev–Trinajstić information content (AvgIpc) is 2.46. The predicted octanol–water partition coefficient (Wildman–Crippen LogP) is 2.10. The van der Waals surface area contributed by atoms with E-state index in [2.05, 4.69) is 11.4 Å². The summed E-state index contributed by atoms with van der Waals surface area (Å²) in [5.41, 5.74) is 10.3. The molecule has 20 heavy (non-hydrogen) atoms. The van der Waals surface area contributed by atoms with E-state index in [1.54, 1.807) is 0 Å². The van der Waals surface area contributed by atoms with Crippen LogP contribution >= 0.6 is 0 Å². The van der Waals surface area contributed by atoms with Gasteiger partial charge in [-0.15, -0.1) is 0 Å². The monoisotopic (exact) mass is 266 g/mol. The van der Waals surface area contributed by atoms with Crippen LogP contribution in [-0.4, -0.2) is 5.91 Å². The van der Waals surface area contributed by atoms with E-state index in [0.717, 1.165) is 17.5 Å². The van der Waals surface area contributed by atoms with Crippen molar-refractivity contribution in [3.8, 4) is 0 Å². The molecule has 0 spiro atoms. The second-order valence-corrected chi connectivity index (χ2v) is 5.20. The van der Waals surface area contributed by atoms with Crippen LogP contribution in [0.1, 0.15) is 28.2 Å². The van der Waals surface area contributed by atoms with Crippen molar-refractivity contribution in [1.82, 2.24) is 5.32 Å². The highest BCUT2D eigenvalue weighted by atomic mass is 16.1. The van der Waals surface area contributed by atoms with Gasteiger partial charge < -0.3 is 11.1 Å². The Balaban J connectivity index is 1.61. The maximum Gasteiger partial charge on any atom is 0.228 e. The average molecular weight is 266 g/mol. The number of hydrogen-bond acceptors (Lipinski definition) is 2. The number of carbonyl (C=O) groups excluding carboxylic acids is 1. The molecule has 2 aromatic carbocycles. The highest BCUT2D eigenvalue weighted by Crippen LogP contribution is 2.34. The fourth-order valence-electron chi connectivity index (χ4n) is 2.67. The zero-order valence-electron chi connectivity index (χ0n) is 11.3. The topological polar surface area (TPSA) is 55.1 Å². The Kier molecular flexibility index (Phi) is 3.52. The summed E-state index contributed by atoms with van der Waals surface area (Å²) in [6, 6.07) is 16.1. The first kappa shape index (κ1) is 12.9. The third-order valence-corrected chi connectivity index (χ3v) is 3.86. The molecule has 1 atom stereocenters. The van der Waals surface area contributed by atoms with E-state index >= 15 is 0 Å². The third kappa shape index (κ3) is 2.45. The maximum atomic E-state index is 12.2. The van der Waals surface area contributed by atoms with E-state index in [0.29, 0.717) is 13.1 Å². The second-order valence-electron chi connectivity index (χ2n) is 5.20. The zero-order valence-corrected chi connectivity index (χ0v) is 11.3. The number of nitrogens with two attached hydrogens (primary N) is 1. The van der Waals surface area contributed by atoms with Crippen LogP contribution in [0.4, 0.5) is 0 Å². The van der Waals surface area contributed by atoms with Crippen LogP contribution in [0.2, 0.25) is 0 Å².